The molecule has 2 aromatic heterocycles. The van der Waals surface area contributed by atoms with Gasteiger partial charge in [0, 0.05) is 5.56 Å². The summed E-state index contributed by atoms with van der Waals surface area (Å²) < 4.78 is 26.3. The van der Waals surface area contributed by atoms with Crippen molar-refractivity contribution in [2.24, 2.45) is 0 Å². The predicted octanol–water partition coefficient (Wildman–Crippen LogP) is 5.09. The van der Waals surface area contributed by atoms with Gasteiger partial charge in [0.2, 0.25) is 11.0 Å². The van der Waals surface area contributed by atoms with Gasteiger partial charge in [0.1, 0.15) is 18.2 Å². The van der Waals surface area contributed by atoms with Gasteiger partial charge in [-0.15, -0.1) is 10.2 Å². The van der Waals surface area contributed by atoms with E-state index in [1.54, 1.807) is 18.3 Å². The van der Waals surface area contributed by atoms with Crippen LogP contribution in [-0.4, -0.2) is 19.9 Å². The van der Waals surface area contributed by atoms with Crippen LogP contribution < -0.4 is 10.6 Å². The number of oxazole rings is 1. The Kier molecular flexibility index (Phi) is 6.45. The molecule has 0 aliphatic rings. The highest BCUT2D eigenvalue weighted by Crippen LogP contribution is 2.29. The molecule has 2 aromatic carbocycles. The maximum Gasteiger partial charge on any atom is 0.210 e. The fraction of sp³-hybridized carbons (Fsp3) is 0.261. The lowest BCUT2D eigenvalue weighted by molar-refractivity contribution is 0.287. The Labute approximate surface area is 189 Å². The summed E-state index contributed by atoms with van der Waals surface area (Å²) >= 11 is 1.36. The first kappa shape index (κ1) is 21.9. The van der Waals surface area contributed by atoms with Gasteiger partial charge in [-0.25, -0.2) is 14.1 Å². The zero-order chi connectivity index (χ0) is 22.7. The number of hydrogen-bond acceptors (Lipinski definition) is 7. The number of nitrogens with zero attached hydrogens (tertiary/aromatic N) is 4. The van der Waals surface area contributed by atoms with Gasteiger partial charge in [-0.1, -0.05) is 37.7 Å². The zero-order valence-corrected chi connectivity index (χ0v) is 18.9. The monoisotopic (exact) mass is 453 g/mol. The highest BCUT2D eigenvalue weighted by molar-refractivity contribution is 7.98. The van der Waals surface area contributed by atoms with Crippen LogP contribution in [0.15, 0.2) is 58.2 Å². The van der Waals surface area contributed by atoms with Gasteiger partial charge in [-0.3, -0.25) is 0 Å². The van der Waals surface area contributed by atoms with Gasteiger partial charge in [-0.2, -0.15) is 0 Å². The summed E-state index contributed by atoms with van der Waals surface area (Å²) in [6, 6.07) is 12.2. The summed E-state index contributed by atoms with van der Waals surface area (Å²) in [5.41, 5.74) is 3.02. The number of thioether (sulfide) groups is 1. The highest BCUT2D eigenvalue weighted by Gasteiger charge is 2.15. The second-order valence-electron chi connectivity index (χ2n) is 7.67. The maximum absolute atomic E-state index is 13.1. The maximum atomic E-state index is 13.1. The minimum Gasteiger partial charge on any atom is -0.485 e. The Morgan fingerprint density at radius 2 is 1.94 bits per heavy atom. The van der Waals surface area contributed by atoms with Crippen LogP contribution in [0.5, 0.6) is 5.75 Å². The average Bonchev–Trinajstić information content (AvgIpc) is 3.38. The Morgan fingerprint density at radius 3 is 2.69 bits per heavy atom. The van der Waals surface area contributed by atoms with Gasteiger partial charge in [-0.05, 0) is 54.3 Å². The normalized spacial score (nSPS) is 11.3. The second-order valence-corrected chi connectivity index (χ2v) is 8.61. The molecule has 32 heavy (non-hydrogen) atoms. The fourth-order valence-corrected chi connectivity index (χ4v) is 3.87. The standard InChI is InChI=1S/C23H24FN5O2S/c1-14(2)18-9-4-15(3)10-19(18)30-12-21-27-28-23(29(21)25)32-13-22-26-11-20(31-22)16-5-7-17(24)8-6-16/h4-11,14H,12-13,25H2,1-3H3. The molecule has 0 saturated carbocycles. The van der Waals surface area contributed by atoms with Crippen LogP contribution in [-0.2, 0) is 12.4 Å². The summed E-state index contributed by atoms with van der Waals surface area (Å²) in [5.74, 6) is 9.06. The third-order valence-electron chi connectivity index (χ3n) is 4.89. The summed E-state index contributed by atoms with van der Waals surface area (Å²) in [6.07, 6.45) is 1.61. The Hall–Kier alpha value is -3.33. The molecule has 0 amide bonds. The van der Waals surface area contributed by atoms with E-state index in [9.17, 15) is 4.39 Å². The molecule has 2 heterocycles. The minimum absolute atomic E-state index is 0.209. The lowest BCUT2D eigenvalue weighted by Gasteiger charge is -2.14. The van der Waals surface area contributed by atoms with Crippen LogP contribution in [0, 0.1) is 12.7 Å². The molecule has 0 aliphatic heterocycles. The number of aryl methyl sites for hydroxylation is 1. The number of hydrogen-bond donors (Lipinski definition) is 1. The molecule has 0 unspecified atom stereocenters. The molecule has 9 heteroatoms. The summed E-state index contributed by atoms with van der Waals surface area (Å²) in [7, 11) is 0. The molecule has 2 N–H and O–H groups in total. The van der Waals surface area contributed by atoms with Crippen LogP contribution in [0.25, 0.3) is 11.3 Å². The van der Waals surface area contributed by atoms with E-state index in [2.05, 4.69) is 41.2 Å². The number of aromatic nitrogens is 4. The molecule has 0 saturated heterocycles. The number of nitrogens with two attached hydrogens (primary N) is 1. The van der Waals surface area contributed by atoms with Gasteiger partial charge in [0.15, 0.2) is 11.6 Å². The predicted molar refractivity (Wildman–Crippen MR) is 121 cm³/mol. The summed E-state index contributed by atoms with van der Waals surface area (Å²) in [6.45, 7) is 6.49. The van der Waals surface area contributed by atoms with Crippen molar-refractivity contribution in [3.8, 4) is 17.1 Å². The molecular weight excluding hydrogens is 429 g/mol. The molecule has 7 nitrogen and oxygen atoms in total. The van der Waals surface area contributed by atoms with E-state index in [1.807, 2.05) is 13.0 Å². The Morgan fingerprint density at radius 1 is 1.16 bits per heavy atom. The van der Waals surface area contributed by atoms with Crippen molar-refractivity contribution in [3.05, 3.63) is 77.3 Å². The number of nitrogen functional groups attached to an aromatic ring is 1. The number of ether oxygens (including phenoxy) is 1. The third kappa shape index (κ3) is 4.94. The first-order valence-corrected chi connectivity index (χ1v) is 11.2. The van der Waals surface area contributed by atoms with Crippen LogP contribution in [0.2, 0.25) is 0 Å². The van der Waals surface area contributed by atoms with Crippen molar-refractivity contribution in [1.82, 2.24) is 19.9 Å². The summed E-state index contributed by atoms with van der Waals surface area (Å²) in [5, 5.41) is 8.84. The van der Waals surface area contributed by atoms with Crippen molar-refractivity contribution >= 4 is 11.8 Å². The van der Waals surface area contributed by atoms with E-state index in [4.69, 9.17) is 15.0 Å². The molecule has 0 atom stereocenters. The Bertz CT molecular complexity index is 1200. The van der Waals surface area contributed by atoms with Crippen molar-refractivity contribution in [2.45, 2.75) is 44.2 Å². The first-order valence-electron chi connectivity index (χ1n) is 10.2. The highest BCUT2D eigenvalue weighted by atomic mass is 32.2. The van der Waals surface area contributed by atoms with E-state index in [0.29, 0.717) is 34.3 Å². The topological polar surface area (TPSA) is 92.0 Å². The molecule has 4 rings (SSSR count). The summed E-state index contributed by atoms with van der Waals surface area (Å²) in [4.78, 5) is 4.27. The molecule has 0 fully saturated rings. The number of rotatable bonds is 8. The van der Waals surface area contributed by atoms with E-state index < -0.39 is 0 Å². The lowest BCUT2D eigenvalue weighted by Crippen LogP contribution is -2.16. The SMILES string of the molecule is Cc1ccc(C(C)C)c(OCc2nnc(SCc3ncc(-c4ccc(F)cc4)o3)n2N)c1. The van der Waals surface area contributed by atoms with Crippen molar-refractivity contribution in [2.75, 3.05) is 5.84 Å². The largest absolute Gasteiger partial charge is 0.485 e. The van der Waals surface area contributed by atoms with E-state index in [-0.39, 0.29) is 12.4 Å². The van der Waals surface area contributed by atoms with Crippen LogP contribution in [0.1, 0.15) is 42.6 Å². The second kappa shape index (κ2) is 9.44. The van der Waals surface area contributed by atoms with E-state index in [0.717, 1.165) is 22.4 Å². The average molecular weight is 454 g/mol. The van der Waals surface area contributed by atoms with Gasteiger partial charge >= 0.3 is 0 Å². The molecule has 0 radical (unpaired) electrons. The Balaban J connectivity index is 1.39. The van der Waals surface area contributed by atoms with Crippen LogP contribution in [0.4, 0.5) is 4.39 Å². The molecule has 4 aromatic rings. The smallest absolute Gasteiger partial charge is 0.210 e. The van der Waals surface area contributed by atoms with Gasteiger partial charge in [0.05, 0.1) is 11.9 Å². The van der Waals surface area contributed by atoms with Crippen LogP contribution in [0.3, 0.4) is 0 Å². The van der Waals surface area contributed by atoms with Gasteiger partial charge in [0.25, 0.3) is 0 Å². The van der Waals surface area contributed by atoms with Crippen molar-refractivity contribution < 1.29 is 13.5 Å². The zero-order valence-electron chi connectivity index (χ0n) is 18.1. The number of halogens is 1. The number of benzene rings is 2. The van der Waals surface area contributed by atoms with Gasteiger partial charge < -0.3 is 15.0 Å². The lowest BCUT2D eigenvalue weighted by atomic mass is 10.0. The fourth-order valence-electron chi connectivity index (χ4n) is 3.14. The van der Waals surface area contributed by atoms with Crippen molar-refractivity contribution in [1.29, 1.82) is 0 Å². The van der Waals surface area contributed by atoms with E-state index in [1.165, 1.54) is 28.6 Å². The molecule has 166 valence electrons. The molecule has 0 spiro atoms. The molecule has 0 bridgehead atoms. The molecular formula is C23H24FN5O2S. The molecule has 0 aliphatic carbocycles. The van der Waals surface area contributed by atoms with Crippen LogP contribution >= 0.6 is 11.8 Å². The quantitative estimate of drug-likeness (QED) is 0.293. The third-order valence-corrected chi connectivity index (χ3v) is 5.82. The first-order chi connectivity index (χ1) is 15.4. The minimum atomic E-state index is -0.297. The van der Waals surface area contributed by atoms with E-state index >= 15 is 0 Å². The van der Waals surface area contributed by atoms with Crippen molar-refractivity contribution in [3.63, 3.8) is 0 Å².